The average Bonchev–Trinajstić information content (AvgIpc) is 3.09. The summed E-state index contributed by atoms with van der Waals surface area (Å²) in [6.07, 6.45) is 0.489. The van der Waals surface area contributed by atoms with Crippen LogP contribution in [0, 0.1) is 0 Å². The van der Waals surface area contributed by atoms with E-state index in [1.165, 1.54) is 11.3 Å². The fourth-order valence-electron chi connectivity index (χ4n) is 2.86. The number of aliphatic hydroxyl groups is 1. The molecule has 0 aliphatic heterocycles. The maximum Gasteiger partial charge on any atom is 0.433 e. The van der Waals surface area contributed by atoms with Crippen molar-refractivity contribution in [3.8, 4) is 10.4 Å². The number of anilines is 2. The molecular weight excluding hydrogens is 413 g/mol. The van der Waals surface area contributed by atoms with Gasteiger partial charge in [-0.1, -0.05) is 11.6 Å². The molecule has 4 rings (SSSR count). The largest absolute Gasteiger partial charge is 0.433 e. The predicted molar refractivity (Wildman–Crippen MR) is 101 cm³/mol. The van der Waals surface area contributed by atoms with Gasteiger partial charge in [0.25, 0.3) is 0 Å². The first kappa shape index (κ1) is 19.1. The Hall–Kier alpha value is -2.23. The summed E-state index contributed by atoms with van der Waals surface area (Å²) in [5.41, 5.74) is -0.713. The minimum absolute atomic E-state index is 0.184. The van der Waals surface area contributed by atoms with Gasteiger partial charge in [-0.3, -0.25) is 0 Å². The lowest BCUT2D eigenvalue weighted by Gasteiger charge is -2.34. The third-order valence-electron chi connectivity index (χ3n) is 4.47. The smallest absolute Gasteiger partial charge is 0.383 e. The van der Waals surface area contributed by atoms with Crippen molar-refractivity contribution in [2.45, 2.75) is 31.0 Å². The molecule has 1 aromatic carbocycles. The number of thiazole rings is 1. The first-order valence-electron chi connectivity index (χ1n) is 8.40. The van der Waals surface area contributed by atoms with Gasteiger partial charge >= 0.3 is 6.18 Å². The highest BCUT2D eigenvalue weighted by molar-refractivity contribution is 7.15. The number of aromatic nitrogens is 3. The molecule has 2 aromatic heterocycles. The number of nitrogens with zero attached hydrogens (tertiary/aromatic N) is 3. The third kappa shape index (κ3) is 3.82. The van der Waals surface area contributed by atoms with Crippen molar-refractivity contribution in [1.82, 2.24) is 15.0 Å². The summed E-state index contributed by atoms with van der Waals surface area (Å²) in [7, 11) is 0. The summed E-state index contributed by atoms with van der Waals surface area (Å²) < 4.78 is 38.5. The molecule has 2 heterocycles. The Kier molecular flexibility index (Phi) is 4.76. The standard InChI is InChI=1S/C18H14ClF3N4OS/c19-11-6-10(13-9-24-15(28-13)17(27)3-1-4-17)7-12(8-11)25-16-23-5-2-14(26-16)18(20,21)22/h2,5-9,27H,1,3-4H2,(H,23,25,26). The average molecular weight is 427 g/mol. The lowest BCUT2D eigenvalue weighted by Crippen LogP contribution is -2.33. The van der Waals surface area contributed by atoms with E-state index in [0.29, 0.717) is 28.6 Å². The Morgan fingerprint density at radius 3 is 2.64 bits per heavy atom. The van der Waals surface area contributed by atoms with E-state index >= 15 is 0 Å². The SMILES string of the molecule is OC1(c2ncc(-c3cc(Cl)cc(Nc4nccc(C(F)(F)F)n4)c3)s2)CCC1. The molecular formula is C18H14ClF3N4OS. The molecule has 0 unspecified atom stereocenters. The number of hydrogen-bond donors (Lipinski definition) is 2. The van der Waals surface area contributed by atoms with Crippen LogP contribution >= 0.6 is 22.9 Å². The molecule has 0 radical (unpaired) electrons. The maximum atomic E-state index is 12.8. The lowest BCUT2D eigenvalue weighted by atomic mass is 9.81. The van der Waals surface area contributed by atoms with Crippen LogP contribution in [0.5, 0.6) is 0 Å². The Morgan fingerprint density at radius 2 is 1.96 bits per heavy atom. The van der Waals surface area contributed by atoms with Crippen molar-refractivity contribution in [2.24, 2.45) is 0 Å². The van der Waals surface area contributed by atoms with Crippen molar-refractivity contribution in [2.75, 3.05) is 5.32 Å². The van der Waals surface area contributed by atoms with E-state index < -0.39 is 17.5 Å². The normalized spacial score (nSPS) is 15.9. The van der Waals surface area contributed by atoms with Gasteiger partial charge in [0.1, 0.15) is 16.3 Å². The Bertz CT molecular complexity index is 1020. The third-order valence-corrected chi connectivity index (χ3v) is 5.93. The van der Waals surface area contributed by atoms with Crippen LogP contribution in [0.4, 0.5) is 24.8 Å². The number of rotatable bonds is 4. The van der Waals surface area contributed by atoms with Gasteiger partial charge in [0.2, 0.25) is 5.95 Å². The predicted octanol–water partition coefficient (Wildman–Crippen LogP) is 5.39. The molecule has 1 aliphatic rings. The van der Waals surface area contributed by atoms with Crippen LogP contribution in [0.1, 0.15) is 30.0 Å². The zero-order chi connectivity index (χ0) is 19.9. The van der Waals surface area contributed by atoms with Gasteiger partial charge in [-0.15, -0.1) is 11.3 Å². The minimum atomic E-state index is -4.56. The van der Waals surface area contributed by atoms with Gasteiger partial charge in [-0.25, -0.2) is 15.0 Å². The molecule has 1 saturated carbocycles. The number of benzene rings is 1. The summed E-state index contributed by atoms with van der Waals surface area (Å²) in [4.78, 5) is 12.4. The van der Waals surface area contributed by atoms with E-state index in [2.05, 4.69) is 20.3 Å². The molecule has 0 amide bonds. The van der Waals surface area contributed by atoms with Crippen molar-refractivity contribution < 1.29 is 18.3 Å². The number of nitrogens with one attached hydrogen (secondary N) is 1. The van der Waals surface area contributed by atoms with Crippen molar-refractivity contribution in [3.63, 3.8) is 0 Å². The van der Waals surface area contributed by atoms with E-state index in [1.807, 2.05) is 0 Å². The quantitative estimate of drug-likeness (QED) is 0.585. The van der Waals surface area contributed by atoms with E-state index in [-0.39, 0.29) is 5.95 Å². The molecule has 2 N–H and O–H groups in total. The highest BCUT2D eigenvalue weighted by Crippen LogP contribution is 2.44. The van der Waals surface area contributed by atoms with Crippen LogP contribution in [0.3, 0.4) is 0 Å². The van der Waals surface area contributed by atoms with Crippen LogP contribution in [-0.2, 0) is 11.8 Å². The van der Waals surface area contributed by atoms with E-state index in [0.717, 1.165) is 29.1 Å². The fraction of sp³-hybridized carbons (Fsp3) is 0.278. The molecule has 1 aliphatic carbocycles. The summed E-state index contributed by atoms with van der Waals surface area (Å²) in [5, 5.41) is 14.2. The molecule has 0 saturated heterocycles. The summed E-state index contributed by atoms with van der Waals surface area (Å²) in [5.74, 6) is -0.184. The number of hydrogen-bond acceptors (Lipinski definition) is 6. The van der Waals surface area contributed by atoms with Gasteiger partial charge < -0.3 is 10.4 Å². The van der Waals surface area contributed by atoms with Crippen LogP contribution in [0.15, 0.2) is 36.7 Å². The van der Waals surface area contributed by atoms with Crippen LogP contribution in [0.25, 0.3) is 10.4 Å². The zero-order valence-electron chi connectivity index (χ0n) is 14.3. The molecule has 1 fully saturated rings. The Morgan fingerprint density at radius 1 is 1.18 bits per heavy atom. The van der Waals surface area contributed by atoms with Gasteiger partial charge in [-0.05, 0) is 49.1 Å². The molecule has 0 bridgehead atoms. The van der Waals surface area contributed by atoms with E-state index in [4.69, 9.17) is 11.6 Å². The van der Waals surface area contributed by atoms with Gasteiger partial charge in [0.15, 0.2) is 0 Å². The van der Waals surface area contributed by atoms with Crippen LogP contribution in [0.2, 0.25) is 5.02 Å². The summed E-state index contributed by atoms with van der Waals surface area (Å²) >= 11 is 7.55. The van der Waals surface area contributed by atoms with Crippen LogP contribution < -0.4 is 5.32 Å². The molecule has 3 aromatic rings. The molecule has 0 atom stereocenters. The monoisotopic (exact) mass is 426 g/mol. The topological polar surface area (TPSA) is 70.9 Å². The molecule has 28 heavy (non-hydrogen) atoms. The van der Waals surface area contributed by atoms with Gasteiger partial charge in [0, 0.05) is 23.1 Å². The number of alkyl halides is 3. The second kappa shape index (κ2) is 6.98. The van der Waals surface area contributed by atoms with Crippen molar-refractivity contribution in [1.29, 1.82) is 0 Å². The lowest BCUT2D eigenvalue weighted by molar-refractivity contribution is -0.141. The minimum Gasteiger partial charge on any atom is -0.383 e. The summed E-state index contributed by atoms with van der Waals surface area (Å²) in [6.45, 7) is 0. The highest BCUT2D eigenvalue weighted by Gasteiger charge is 2.39. The Labute approximate surface area is 167 Å². The second-order valence-electron chi connectivity index (χ2n) is 6.53. The van der Waals surface area contributed by atoms with E-state index in [9.17, 15) is 18.3 Å². The first-order valence-corrected chi connectivity index (χ1v) is 9.59. The highest BCUT2D eigenvalue weighted by atomic mass is 35.5. The van der Waals surface area contributed by atoms with Gasteiger partial charge in [0.05, 0.1) is 4.88 Å². The van der Waals surface area contributed by atoms with Gasteiger partial charge in [-0.2, -0.15) is 13.2 Å². The first-order chi connectivity index (χ1) is 13.2. The molecule has 146 valence electrons. The maximum absolute atomic E-state index is 12.8. The zero-order valence-corrected chi connectivity index (χ0v) is 15.9. The fourth-order valence-corrected chi connectivity index (χ4v) is 4.14. The molecule has 0 spiro atoms. The van der Waals surface area contributed by atoms with Crippen molar-refractivity contribution >= 4 is 34.6 Å². The Balaban J connectivity index is 1.61. The number of halogens is 4. The second-order valence-corrected chi connectivity index (χ2v) is 8.00. The summed E-state index contributed by atoms with van der Waals surface area (Å²) in [6, 6.07) is 5.81. The van der Waals surface area contributed by atoms with E-state index in [1.54, 1.807) is 24.4 Å². The van der Waals surface area contributed by atoms with Crippen molar-refractivity contribution in [3.05, 3.63) is 52.4 Å². The molecule has 10 heteroatoms. The molecule has 5 nitrogen and oxygen atoms in total. The van der Waals surface area contributed by atoms with Crippen LogP contribution in [-0.4, -0.2) is 20.1 Å².